The van der Waals surface area contributed by atoms with Gasteiger partial charge in [-0.3, -0.25) is 4.79 Å². The summed E-state index contributed by atoms with van der Waals surface area (Å²) in [5.74, 6) is -0.505. The summed E-state index contributed by atoms with van der Waals surface area (Å²) in [5.41, 5.74) is 0.222. The van der Waals surface area contributed by atoms with Crippen molar-refractivity contribution in [1.82, 2.24) is 4.90 Å². The maximum Gasteiger partial charge on any atom is 0.167 e. The van der Waals surface area contributed by atoms with E-state index in [-0.39, 0.29) is 11.3 Å². The van der Waals surface area contributed by atoms with Gasteiger partial charge >= 0.3 is 0 Å². The average molecular weight is 235 g/mol. The van der Waals surface area contributed by atoms with E-state index in [9.17, 15) is 9.18 Å². The molecule has 1 aromatic carbocycles. The smallest absolute Gasteiger partial charge is 0.167 e. The summed E-state index contributed by atoms with van der Waals surface area (Å²) in [7, 11) is 0. The maximum atomic E-state index is 13.4. The van der Waals surface area contributed by atoms with E-state index in [2.05, 4.69) is 11.8 Å². The Bertz CT molecular complexity index is 401. The minimum atomic E-state index is -0.410. The summed E-state index contributed by atoms with van der Waals surface area (Å²) < 4.78 is 13.4. The zero-order valence-corrected chi connectivity index (χ0v) is 10.2. The number of ketones is 1. The summed E-state index contributed by atoms with van der Waals surface area (Å²) in [6, 6.07) is 6.87. The fourth-order valence-corrected chi connectivity index (χ4v) is 2.11. The van der Waals surface area contributed by atoms with Crippen molar-refractivity contribution >= 4 is 5.78 Å². The Kier molecular flexibility index (Phi) is 3.89. The third-order valence-corrected chi connectivity index (χ3v) is 3.27. The molecule has 0 spiro atoms. The number of hydrogen-bond donors (Lipinski definition) is 0. The number of benzene rings is 1. The Morgan fingerprint density at radius 1 is 1.41 bits per heavy atom. The number of nitrogens with zero attached hydrogens (tertiary/aromatic N) is 1. The van der Waals surface area contributed by atoms with Crippen molar-refractivity contribution in [3.05, 3.63) is 35.6 Å². The van der Waals surface area contributed by atoms with Gasteiger partial charge in [0.1, 0.15) is 5.82 Å². The van der Waals surface area contributed by atoms with E-state index in [1.807, 2.05) is 0 Å². The van der Waals surface area contributed by atoms with Gasteiger partial charge in [0.05, 0.1) is 5.56 Å². The highest BCUT2D eigenvalue weighted by atomic mass is 19.1. The molecule has 0 N–H and O–H groups in total. The molecule has 3 heteroatoms. The first-order valence-electron chi connectivity index (χ1n) is 6.24. The molecule has 0 amide bonds. The van der Waals surface area contributed by atoms with Crippen LogP contribution in [0.5, 0.6) is 0 Å². The maximum absolute atomic E-state index is 13.4. The predicted octanol–water partition coefficient (Wildman–Crippen LogP) is 2.88. The number of Topliss-reactive ketones (excluding diaryl/α,β-unsaturated/α-hetero) is 1. The van der Waals surface area contributed by atoms with Crippen LogP contribution in [0.4, 0.5) is 4.39 Å². The fraction of sp³-hybridized carbons (Fsp3) is 0.500. The van der Waals surface area contributed by atoms with Gasteiger partial charge in [-0.05, 0) is 31.5 Å². The summed E-state index contributed by atoms with van der Waals surface area (Å²) in [6.45, 7) is 3.81. The van der Waals surface area contributed by atoms with E-state index in [0.29, 0.717) is 12.5 Å². The molecule has 1 fully saturated rings. The lowest BCUT2D eigenvalue weighted by Crippen LogP contribution is -2.28. The first kappa shape index (κ1) is 12.2. The Labute approximate surface area is 101 Å². The summed E-state index contributed by atoms with van der Waals surface area (Å²) in [4.78, 5) is 14.2. The van der Waals surface area contributed by atoms with E-state index in [1.165, 1.54) is 18.9 Å². The van der Waals surface area contributed by atoms with Crippen molar-refractivity contribution < 1.29 is 9.18 Å². The van der Waals surface area contributed by atoms with Gasteiger partial charge in [-0.1, -0.05) is 19.1 Å². The molecule has 1 saturated carbocycles. The molecule has 0 aliphatic heterocycles. The first-order chi connectivity index (χ1) is 8.22. The van der Waals surface area contributed by atoms with Gasteiger partial charge in [0.2, 0.25) is 0 Å². The average Bonchev–Trinajstić information content (AvgIpc) is 3.14. The van der Waals surface area contributed by atoms with Crippen LogP contribution in [0.15, 0.2) is 24.3 Å². The SMILES string of the molecule is CCN(CCC(=O)c1ccccc1F)C1CC1. The van der Waals surface area contributed by atoms with E-state index in [1.54, 1.807) is 18.2 Å². The second-order valence-electron chi connectivity index (χ2n) is 4.51. The highest BCUT2D eigenvalue weighted by molar-refractivity contribution is 5.96. The molecule has 1 aliphatic rings. The lowest BCUT2D eigenvalue weighted by molar-refractivity contribution is 0.0960. The largest absolute Gasteiger partial charge is 0.300 e. The molecule has 0 saturated heterocycles. The zero-order chi connectivity index (χ0) is 12.3. The van der Waals surface area contributed by atoms with Gasteiger partial charge in [-0.2, -0.15) is 0 Å². The van der Waals surface area contributed by atoms with E-state index < -0.39 is 5.82 Å². The van der Waals surface area contributed by atoms with Crippen molar-refractivity contribution in [3.63, 3.8) is 0 Å². The van der Waals surface area contributed by atoms with Crippen LogP contribution >= 0.6 is 0 Å². The third-order valence-electron chi connectivity index (χ3n) is 3.27. The van der Waals surface area contributed by atoms with Crippen LogP contribution in [0.3, 0.4) is 0 Å². The fourth-order valence-electron chi connectivity index (χ4n) is 2.11. The molecule has 0 bridgehead atoms. The van der Waals surface area contributed by atoms with Crippen LogP contribution in [0.1, 0.15) is 36.5 Å². The van der Waals surface area contributed by atoms with Crippen molar-refractivity contribution in [1.29, 1.82) is 0 Å². The van der Waals surface area contributed by atoms with Crippen molar-refractivity contribution in [3.8, 4) is 0 Å². The number of carbonyl (C=O) groups is 1. The molecule has 0 aromatic heterocycles. The van der Waals surface area contributed by atoms with Crippen LogP contribution in [0.2, 0.25) is 0 Å². The van der Waals surface area contributed by atoms with Gasteiger partial charge in [-0.15, -0.1) is 0 Å². The normalized spacial score (nSPS) is 15.2. The van der Waals surface area contributed by atoms with Crippen LogP contribution in [0.25, 0.3) is 0 Å². The van der Waals surface area contributed by atoms with E-state index >= 15 is 0 Å². The van der Waals surface area contributed by atoms with Gasteiger partial charge in [0.15, 0.2) is 5.78 Å². The van der Waals surface area contributed by atoms with Gasteiger partial charge in [0.25, 0.3) is 0 Å². The van der Waals surface area contributed by atoms with Crippen LogP contribution in [-0.2, 0) is 0 Å². The quantitative estimate of drug-likeness (QED) is 0.707. The second-order valence-corrected chi connectivity index (χ2v) is 4.51. The number of halogens is 1. The van der Waals surface area contributed by atoms with Gasteiger partial charge < -0.3 is 4.90 Å². The molecular formula is C14H18FNO. The molecule has 1 aromatic rings. The molecule has 17 heavy (non-hydrogen) atoms. The number of carbonyl (C=O) groups excluding carboxylic acids is 1. The standard InChI is InChI=1S/C14H18FNO/c1-2-16(11-7-8-11)10-9-14(17)12-5-3-4-6-13(12)15/h3-6,11H,2,7-10H2,1H3. The third kappa shape index (κ3) is 3.13. The molecule has 1 aliphatic carbocycles. The molecule has 2 nitrogen and oxygen atoms in total. The Hall–Kier alpha value is -1.22. The van der Waals surface area contributed by atoms with Crippen LogP contribution in [-0.4, -0.2) is 29.8 Å². The lowest BCUT2D eigenvalue weighted by Gasteiger charge is -2.18. The molecule has 0 unspecified atom stereocenters. The van der Waals surface area contributed by atoms with Crippen molar-refractivity contribution in [2.45, 2.75) is 32.2 Å². The molecular weight excluding hydrogens is 217 g/mol. The van der Waals surface area contributed by atoms with Gasteiger partial charge in [0, 0.05) is 19.0 Å². The molecule has 92 valence electrons. The van der Waals surface area contributed by atoms with Crippen LogP contribution in [0, 0.1) is 5.82 Å². The summed E-state index contributed by atoms with van der Waals surface area (Å²) >= 11 is 0. The van der Waals surface area contributed by atoms with Gasteiger partial charge in [-0.25, -0.2) is 4.39 Å². The molecule has 2 rings (SSSR count). The molecule has 0 radical (unpaired) electrons. The number of hydrogen-bond acceptors (Lipinski definition) is 2. The second kappa shape index (κ2) is 5.41. The Morgan fingerprint density at radius 2 is 2.12 bits per heavy atom. The van der Waals surface area contributed by atoms with Crippen molar-refractivity contribution in [2.75, 3.05) is 13.1 Å². The van der Waals surface area contributed by atoms with Crippen LogP contribution < -0.4 is 0 Å². The predicted molar refractivity (Wildman–Crippen MR) is 65.6 cm³/mol. The highest BCUT2D eigenvalue weighted by Crippen LogP contribution is 2.26. The van der Waals surface area contributed by atoms with Crippen molar-refractivity contribution in [2.24, 2.45) is 0 Å². The van der Waals surface area contributed by atoms with E-state index in [4.69, 9.17) is 0 Å². The zero-order valence-electron chi connectivity index (χ0n) is 10.2. The number of rotatable bonds is 6. The Morgan fingerprint density at radius 3 is 2.71 bits per heavy atom. The highest BCUT2D eigenvalue weighted by Gasteiger charge is 2.27. The summed E-state index contributed by atoms with van der Waals surface area (Å²) in [5, 5.41) is 0. The molecule has 0 atom stereocenters. The minimum Gasteiger partial charge on any atom is -0.300 e. The summed E-state index contributed by atoms with van der Waals surface area (Å²) in [6.07, 6.45) is 2.88. The first-order valence-corrected chi connectivity index (χ1v) is 6.24. The van der Waals surface area contributed by atoms with E-state index in [0.717, 1.165) is 13.1 Å². The minimum absolute atomic E-state index is 0.0952. The topological polar surface area (TPSA) is 20.3 Å². The lowest BCUT2D eigenvalue weighted by atomic mass is 10.1. The molecule has 0 heterocycles. The Balaban J connectivity index is 1.90. The monoisotopic (exact) mass is 235 g/mol.